The highest BCUT2D eigenvalue weighted by atomic mass is 32.2. The minimum Gasteiger partial charge on any atom is -0.323 e. The van der Waals surface area contributed by atoms with Gasteiger partial charge in [-0.15, -0.1) is 11.3 Å². The lowest BCUT2D eigenvalue weighted by Gasteiger charge is -2.11. The zero-order chi connectivity index (χ0) is 13.1. The second-order valence-corrected chi connectivity index (χ2v) is 5.96. The van der Waals surface area contributed by atoms with Crippen LogP contribution in [-0.2, 0) is 0 Å². The van der Waals surface area contributed by atoms with Crippen LogP contribution in [0, 0.1) is 18.6 Å². The number of thioether (sulfide) groups is 1. The lowest BCUT2D eigenvalue weighted by Crippen LogP contribution is -2.14. The maximum Gasteiger partial charge on any atom is 0.150 e. The minimum absolute atomic E-state index is 0.331. The molecule has 18 heavy (non-hydrogen) atoms. The summed E-state index contributed by atoms with van der Waals surface area (Å²) >= 11 is 3.01. The average Bonchev–Trinajstić information content (AvgIpc) is 2.72. The van der Waals surface area contributed by atoms with Crippen molar-refractivity contribution >= 4 is 23.1 Å². The van der Waals surface area contributed by atoms with Crippen molar-refractivity contribution in [3.63, 3.8) is 0 Å². The van der Waals surface area contributed by atoms with Crippen molar-refractivity contribution < 1.29 is 8.78 Å². The van der Waals surface area contributed by atoms with Gasteiger partial charge in [0.05, 0.1) is 0 Å². The molecule has 0 bridgehead atoms. The Balaban J connectivity index is 2.01. The van der Waals surface area contributed by atoms with Crippen molar-refractivity contribution in [2.24, 2.45) is 5.73 Å². The first kappa shape index (κ1) is 13.5. The van der Waals surface area contributed by atoms with Gasteiger partial charge in [0.2, 0.25) is 0 Å². The summed E-state index contributed by atoms with van der Waals surface area (Å²) in [4.78, 5) is 4.29. The summed E-state index contributed by atoms with van der Waals surface area (Å²) in [5.41, 5.74) is 7.19. The topological polar surface area (TPSA) is 38.9 Å². The van der Waals surface area contributed by atoms with Crippen LogP contribution in [0.15, 0.2) is 27.9 Å². The molecule has 0 saturated heterocycles. The van der Waals surface area contributed by atoms with Crippen LogP contribution in [-0.4, -0.2) is 10.7 Å². The van der Waals surface area contributed by atoms with Crippen LogP contribution in [0.25, 0.3) is 0 Å². The third-order valence-electron chi connectivity index (χ3n) is 2.35. The number of hydrogen-bond acceptors (Lipinski definition) is 4. The number of benzene rings is 1. The van der Waals surface area contributed by atoms with Crippen LogP contribution in [0.2, 0.25) is 0 Å². The summed E-state index contributed by atoms with van der Waals surface area (Å²) in [6.45, 7) is 1.92. The standard InChI is InChI=1S/C12H12F2N2S2/c1-7-5-17-12(16-7)18-6-11(15)9-3-2-8(13)4-10(9)14/h2-5,11H,6,15H2,1H3. The number of thiazole rings is 1. The van der Waals surface area contributed by atoms with Crippen molar-refractivity contribution in [3.8, 4) is 0 Å². The van der Waals surface area contributed by atoms with Crippen LogP contribution in [0.5, 0.6) is 0 Å². The number of aryl methyl sites for hydroxylation is 1. The van der Waals surface area contributed by atoms with E-state index in [1.165, 1.54) is 35.2 Å². The predicted octanol–water partition coefficient (Wildman–Crippen LogP) is 3.52. The van der Waals surface area contributed by atoms with Gasteiger partial charge in [-0.05, 0) is 13.0 Å². The van der Waals surface area contributed by atoms with Crippen molar-refractivity contribution in [2.45, 2.75) is 17.3 Å². The minimum atomic E-state index is -0.599. The Morgan fingerprint density at radius 3 is 2.83 bits per heavy atom. The van der Waals surface area contributed by atoms with Gasteiger partial charge in [-0.2, -0.15) is 0 Å². The highest BCUT2D eigenvalue weighted by Crippen LogP contribution is 2.27. The molecule has 1 aromatic carbocycles. The lowest BCUT2D eigenvalue weighted by molar-refractivity contribution is 0.563. The molecule has 2 N–H and O–H groups in total. The van der Waals surface area contributed by atoms with Gasteiger partial charge in [-0.25, -0.2) is 13.8 Å². The first-order chi connectivity index (χ1) is 8.56. The third kappa shape index (κ3) is 3.28. The molecule has 0 radical (unpaired) electrons. The Labute approximate surface area is 112 Å². The molecule has 2 aromatic rings. The largest absolute Gasteiger partial charge is 0.323 e. The molecular weight excluding hydrogens is 274 g/mol. The quantitative estimate of drug-likeness (QED) is 0.874. The van der Waals surface area contributed by atoms with Crippen LogP contribution in [0.4, 0.5) is 8.78 Å². The average molecular weight is 286 g/mol. The van der Waals surface area contributed by atoms with E-state index in [-0.39, 0.29) is 0 Å². The van der Waals surface area contributed by atoms with E-state index in [2.05, 4.69) is 4.98 Å². The van der Waals surface area contributed by atoms with Crippen molar-refractivity contribution in [2.75, 3.05) is 5.75 Å². The molecule has 1 aromatic heterocycles. The van der Waals surface area contributed by atoms with Gasteiger partial charge in [0.15, 0.2) is 0 Å². The first-order valence-corrected chi connectivity index (χ1v) is 7.18. The molecule has 0 spiro atoms. The Morgan fingerprint density at radius 2 is 2.22 bits per heavy atom. The van der Waals surface area contributed by atoms with Crippen LogP contribution >= 0.6 is 23.1 Å². The van der Waals surface area contributed by atoms with Crippen LogP contribution in [0.1, 0.15) is 17.3 Å². The van der Waals surface area contributed by atoms with Crippen LogP contribution < -0.4 is 5.73 Å². The SMILES string of the molecule is Cc1csc(SCC(N)c2ccc(F)cc2F)n1. The van der Waals surface area contributed by atoms with E-state index in [1.54, 1.807) is 0 Å². The van der Waals surface area contributed by atoms with Gasteiger partial charge in [0, 0.05) is 34.5 Å². The number of rotatable bonds is 4. The van der Waals surface area contributed by atoms with Crippen molar-refractivity contribution in [1.29, 1.82) is 0 Å². The fourth-order valence-electron chi connectivity index (χ4n) is 1.45. The predicted molar refractivity (Wildman–Crippen MR) is 70.9 cm³/mol. The molecule has 0 saturated carbocycles. The van der Waals surface area contributed by atoms with Crippen LogP contribution in [0.3, 0.4) is 0 Å². The molecule has 96 valence electrons. The van der Waals surface area contributed by atoms with Gasteiger partial charge in [0.25, 0.3) is 0 Å². The summed E-state index contributed by atoms with van der Waals surface area (Å²) < 4.78 is 27.2. The van der Waals surface area contributed by atoms with E-state index in [9.17, 15) is 8.78 Å². The highest BCUT2D eigenvalue weighted by molar-refractivity contribution is 8.01. The molecule has 1 unspecified atom stereocenters. The summed E-state index contributed by atoms with van der Waals surface area (Å²) in [7, 11) is 0. The zero-order valence-corrected chi connectivity index (χ0v) is 11.3. The number of aromatic nitrogens is 1. The second kappa shape index (κ2) is 5.77. The smallest absolute Gasteiger partial charge is 0.150 e. The maximum absolute atomic E-state index is 13.5. The second-order valence-electron chi connectivity index (χ2n) is 3.84. The fourth-order valence-corrected chi connectivity index (χ4v) is 3.30. The van der Waals surface area contributed by atoms with E-state index < -0.39 is 17.7 Å². The molecule has 0 aliphatic carbocycles. The van der Waals surface area contributed by atoms with E-state index in [1.807, 2.05) is 12.3 Å². The van der Waals surface area contributed by atoms with Gasteiger partial charge in [-0.3, -0.25) is 0 Å². The van der Waals surface area contributed by atoms with Gasteiger partial charge >= 0.3 is 0 Å². The van der Waals surface area contributed by atoms with E-state index in [0.717, 1.165) is 16.1 Å². The Morgan fingerprint density at radius 1 is 1.44 bits per heavy atom. The highest BCUT2D eigenvalue weighted by Gasteiger charge is 2.13. The molecule has 6 heteroatoms. The molecule has 0 fully saturated rings. The Bertz CT molecular complexity index is 543. The molecular formula is C12H12F2N2S2. The monoisotopic (exact) mass is 286 g/mol. The molecule has 0 aliphatic heterocycles. The summed E-state index contributed by atoms with van der Waals surface area (Å²) in [6.07, 6.45) is 0. The Kier molecular flexibility index (Phi) is 4.31. The number of nitrogens with two attached hydrogens (primary N) is 1. The van der Waals surface area contributed by atoms with E-state index in [0.29, 0.717) is 11.3 Å². The molecule has 2 rings (SSSR count). The van der Waals surface area contributed by atoms with E-state index in [4.69, 9.17) is 5.73 Å². The number of halogens is 2. The fraction of sp³-hybridized carbons (Fsp3) is 0.250. The van der Waals surface area contributed by atoms with E-state index >= 15 is 0 Å². The van der Waals surface area contributed by atoms with Crippen molar-refractivity contribution in [3.05, 3.63) is 46.5 Å². The summed E-state index contributed by atoms with van der Waals surface area (Å²) in [5.74, 6) is -0.680. The molecule has 2 nitrogen and oxygen atoms in total. The zero-order valence-electron chi connectivity index (χ0n) is 9.69. The lowest BCUT2D eigenvalue weighted by atomic mass is 10.1. The van der Waals surface area contributed by atoms with Crippen molar-refractivity contribution in [1.82, 2.24) is 4.98 Å². The van der Waals surface area contributed by atoms with Gasteiger partial charge in [-0.1, -0.05) is 17.8 Å². The molecule has 1 atom stereocenters. The third-order valence-corrected chi connectivity index (χ3v) is 4.60. The number of hydrogen-bond donors (Lipinski definition) is 1. The maximum atomic E-state index is 13.5. The molecule has 0 aliphatic rings. The normalized spacial score (nSPS) is 12.7. The van der Waals surface area contributed by atoms with Gasteiger partial charge in [0.1, 0.15) is 16.0 Å². The number of nitrogens with zero attached hydrogens (tertiary/aromatic N) is 1. The molecule has 0 amide bonds. The first-order valence-electron chi connectivity index (χ1n) is 5.31. The summed E-state index contributed by atoms with van der Waals surface area (Å²) in [5, 5.41) is 1.95. The van der Waals surface area contributed by atoms with Gasteiger partial charge < -0.3 is 5.73 Å². The summed E-state index contributed by atoms with van der Waals surface area (Å²) in [6, 6.07) is 2.99. The molecule has 1 heterocycles. The Hall–Kier alpha value is -0.980.